The Morgan fingerprint density at radius 1 is 1.26 bits per heavy atom. The number of carbonyl (C=O) groups excluding carboxylic acids is 1. The van der Waals surface area contributed by atoms with Gasteiger partial charge in [-0.25, -0.2) is 0 Å². The van der Waals surface area contributed by atoms with Crippen LogP contribution in [-0.4, -0.2) is 40.7 Å². The molecule has 0 saturated heterocycles. The highest BCUT2D eigenvalue weighted by Crippen LogP contribution is 2.11. The van der Waals surface area contributed by atoms with Crippen molar-refractivity contribution in [3.63, 3.8) is 0 Å². The van der Waals surface area contributed by atoms with Crippen LogP contribution in [-0.2, 0) is 9.53 Å². The molecule has 100 valence electrons. The first kappa shape index (κ1) is 13.2. The van der Waals surface area contributed by atoms with Crippen molar-refractivity contribution in [2.24, 2.45) is 5.73 Å². The minimum absolute atomic E-state index is 0.000334. The minimum Gasteiger partial charge on any atom is -0.370 e. The van der Waals surface area contributed by atoms with Crippen LogP contribution in [0.3, 0.4) is 0 Å². The van der Waals surface area contributed by atoms with Crippen molar-refractivity contribution in [3.05, 3.63) is 36.7 Å². The average molecular weight is 261 g/mol. The van der Waals surface area contributed by atoms with Crippen molar-refractivity contribution < 1.29 is 9.53 Å². The molecule has 0 aliphatic heterocycles. The molecule has 0 unspecified atom stereocenters. The number of nitrogens with two attached hydrogens (primary N) is 1. The second-order valence-corrected chi connectivity index (χ2v) is 3.75. The molecular formula is C12H15N5O2. The fourth-order valence-electron chi connectivity index (χ4n) is 1.47. The molecule has 2 aromatic rings. The highest BCUT2D eigenvalue weighted by molar-refractivity contribution is 5.91. The van der Waals surface area contributed by atoms with Gasteiger partial charge < -0.3 is 15.8 Å². The molecule has 0 saturated carbocycles. The lowest BCUT2D eigenvalue weighted by atomic mass is 10.3. The van der Waals surface area contributed by atoms with Crippen molar-refractivity contribution in [2.75, 3.05) is 25.1 Å². The largest absolute Gasteiger partial charge is 0.370 e. The highest BCUT2D eigenvalue weighted by atomic mass is 16.5. The smallest absolute Gasteiger partial charge is 0.250 e. The standard InChI is InChI=1S/C12H15N5O2/c13-5-8-19-9-12(18)16-10-1-3-11(4-2-10)17-14-6-7-15-17/h1-4,6-7H,5,8-9,13H2,(H,16,18). The Hall–Kier alpha value is -2.25. The van der Waals surface area contributed by atoms with Crippen LogP contribution in [0, 0.1) is 0 Å². The number of rotatable bonds is 6. The number of carbonyl (C=O) groups is 1. The van der Waals surface area contributed by atoms with E-state index >= 15 is 0 Å². The van der Waals surface area contributed by atoms with Crippen molar-refractivity contribution in [2.45, 2.75) is 0 Å². The van der Waals surface area contributed by atoms with Crippen molar-refractivity contribution in [3.8, 4) is 5.69 Å². The molecule has 1 aromatic carbocycles. The van der Waals surface area contributed by atoms with E-state index < -0.39 is 0 Å². The number of ether oxygens (including phenoxy) is 1. The van der Waals surface area contributed by atoms with Gasteiger partial charge in [0.2, 0.25) is 5.91 Å². The van der Waals surface area contributed by atoms with Crippen LogP contribution in [0.2, 0.25) is 0 Å². The van der Waals surface area contributed by atoms with Gasteiger partial charge in [0, 0.05) is 12.2 Å². The third kappa shape index (κ3) is 3.87. The predicted octanol–water partition coefficient (Wildman–Crippen LogP) is 0.181. The van der Waals surface area contributed by atoms with Crippen LogP contribution in [0.4, 0.5) is 5.69 Å². The molecule has 0 aliphatic rings. The minimum atomic E-state index is -0.210. The third-order valence-corrected chi connectivity index (χ3v) is 2.30. The quantitative estimate of drug-likeness (QED) is 0.723. The Kier molecular flexibility index (Phi) is 4.60. The lowest BCUT2D eigenvalue weighted by Gasteiger charge is -2.06. The molecule has 7 nitrogen and oxygen atoms in total. The molecule has 19 heavy (non-hydrogen) atoms. The summed E-state index contributed by atoms with van der Waals surface area (Å²) in [5, 5.41) is 10.7. The van der Waals surface area contributed by atoms with Crippen molar-refractivity contribution in [1.82, 2.24) is 15.0 Å². The number of hydrogen-bond donors (Lipinski definition) is 2. The number of nitrogens with one attached hydrogen (secondary N) is 1. The Morgan fingerprint density at radius 2 is 1.95 bits per heavy atom. The summed E-state index contributed by atoms with van der Waals surface area (Å²) >= 11 is 0. The molecule has 3 N–H and O–H groups in total. The molecular weight excluding hydrogens is 246 g/mol. The second kappa shape index (κ2) is 6.62. The van der Waals surface area contributed by atoms with Crippen LogP contribution in [0.15, 0.2) is 36.7 Å². The molecule has 0 bridgehead atoms. The van der Waals surface area contributed by atoms with Crippen molar-refractivity contribution >= 4 is 11.6 Å². The predicted molar refractivity (Wildman–Crippen MR) is 69.9 cm³/mol. The van der Waals surface area contributed by atoms with E-state index in [4.69, 9.17) is 10.5 Å². The Morgan fingerprint density at radius 3 is 2.58 bits per heavy atom. The number of amides is 1. The number of nitrogens with zero attached hydrogens (tertiary/aromatic N) is 3. The summed E-state index contributed by atoms with van der Waals surface area (Å²) in [6.45, 7) is 0.774. The highest BCUT2D eigenvalue weighted by Gasteiger charge is 2.03. The van der Waals surface area contributed by atoms with Gasteiger partial charge in [-0.05, 0) is 24.3 Å². The van der Waals surface area contributed by atoms with Crippen molar-refractivity contribution in [1.29, 1.82) is 0 Å². The van der Waals surface area contributed by atoms with Crippen LogP contribution < -0.4 is 11.1 Å². The molecule has 7 heteroatoms. The zero-order valence-corrected chi connectivity index (χ0v) is 10.3. The van der Waals surface area contributed by atoms with Gasteiger partial charge in [0.15, 0.2) is 0 Å². The summed E-state index contributed by atoms with van der Waals surface area (Å²) in [4.78, 5) is 13.0. The van der Waals surface area contributed by atoms with E-state index in [0.29, 0.717) is 18.8 Å². The first-order chi connectivity index (χ1) is 9.29. The monoisotopic (exact) mass is 261 g/mol. The van der Waals surface area contributed by atoms with E-state index in [9.17, 15) is 4.79 Å². The summed E-state index contributed by atoms with van der Waals surface area (Å²) in [5.41, 5.74) is 6.77. The second-order valence-electron chi connectivity index (χ2n) is 3.75. The van der Waals surface area contributed by atoms with Crippen LogP contribution in [0.25, 0.3) is 5.69 Å². The van der Waals surface area contributed by atoms with Crippen LogP contribution in [0.1, 0.15) is 0 Å². The van der Waals surface area contributed by atoms with E-state index in [0.717, 1.165) is 5.69 Å². The lowest BCUT2D eigenvalue weighted by molar-refractivity contribution is -0.120. The van der Waals surface area contributed by atoms with E-state index in [1.165, 1.54) is 4.80 Å². The van der Waals surface area contributed by atoms with Gasteiger partial charge in [-0.2, -0.15) is 15.0 Å². The Balaban J connectivity index is 1.90. The molecule has 0 atom stereocenters. The van der Waals surface area contributed by atoms with Gasteiger partial charge in [0.1, 0.15) is 6.61 Å². The van der Waals surface area contributed by atoms with Gasteiger partial charge in [-0.15, -0.1) is 0 Å². The molecule has 0 aliphatic carbocycles. The summed E-state index contributed by atoms with van der Waals surface area (Å²) in [5.74, 6) is -0.210. The maximum absolute atomic E-state index is 11.5. The van der Waals surface area contributed by atoms with E-state index in [-0.39, 0.29) is 12.5 Å². The number of benzene rings is 1. The fraction of sp³-hybridized carbons (Fsp3) is 0.250. The first-order valence-electron chi connectivity index (χ1n) is 5.84. The van der Waals surface area contributed by atoms with E-state index in [1.54, 1.807) is 24.5 Å². The molecule has 2 rings (SSSR count). The lowest BCUT2D eigenvalue weighted by Crippen LogP contribution is -2.20. The SMILES string of the molecule is NCCOCC(=O)Nc1ccc(-n2nccn2)cc1. The first-order valence-corrected chi connectivity index (χ1v) is 5.84. The van der Waals surface area contributed by atoms with Gasteiger partial charge in [0.05, 0.1) is 24.7 Å². The van der Waals surface area contributed by atoms with Gasteiger partial charge in [-0.3, -0.25) is 4.79 Å². The summed E-state index contributed by atoms with van der Waals surface area (Å²) < 4.78 is 5.04. The maximum atomic E-state index is 11.5. The molecule has 1 amide bonds. The number of aromatic nitrogens is 3. The maximum Gasteiger partial charge on any atom is 0.250 e. The molecule has 0 radical (unpaired) electrons. The van der Waals surface area contributed by atoms with Gasteiger partial charge in [0.25, 0.3) is 0 Å². The van der Waals surface area contributed by atoms with Gasteiger partial charge in [-0.1, -0.05) is 0 Å². The third-order valence-electron chi connectivity index (χ3n) is 2.30. The molecule has 0 spiro atoms. The van der Waals surface area contributed by atoms with E-state index in [1.807, 2.05) is 12.1 Å². The normalized spacial score (nSPS) is 10.4. The Labute approximate surface area is 110 Å². The zero-order valence-electron chi connectivity index (χ0n) is 10.3. The van der Waals surface area contributed by atoms with E-state index in [2.05, 4.69) is 15.5 Å². The topological polar surface area (TPSA) is 95.1 Å². The molecule has 0 fully saturated rings. The summed E-state index contributed by atoms with van der Waals surface area (Å²) in [7, 11) is 0. The molecule has 1 heterocycles. The summed E-state index contributed by atoms with van der Waals surface area (Å²) in [6.07, 6.45) is 3.20. The molecule has 1 aromatic heterocycles. The van der Waals surface area contributed by atoms with Gasteiger partial charge >= 0.3 is 0 Å². The number of anilines is 1. The fourth-order valence-corrected chi connectivity index (χ4v) is 1.47. The number of hydrogen-bond acceptors (Lipinski definition) is 5. The Bertz CT molecular complexity index is 509. The van der Waals surface area contributed by atoms with Crippen LogP contribution >= 0.6 is 0 Å². The zero-order chi connectivity index (χ0) is 13.5. The summed E-state index contributed by atoms with van der Waals surface area (Å²) in [6, 6.07) is 7.19. The van der Waals surface area contributed by atoms with Crippen LogP contribution in [0.5, 0.6) is 0 Å². The average Bonchev–Trinajstić information content (AvgIpc) is 2.94.